The Kier molecular flexibility index (Phi) is 9.16. The second-order valence-electron chi connectivity index (χ2n) is 7.46. The summed E-state index contributed by atoms with van der Waals surface area (Å²) in [6, 6.07) is 23.0. The zero-order valence-electron chi connectivity index (χ0n) is 18.3. The minimum absolute atomic E-state index is 0.173. The second kappa shape index (κ2) is 12.3. The zero-order valence-corrected chi connectivity index (χ0v) is 19.9. The van der Waals surface area contributed by atoms with Crippen molar-refractivity contribution >= 4 is 35.0 Å². The predicted octanol–water partition coefficient (Wildman–Crippen LogP) is 5.15. The Morgan fingerprint density at radius 3 is 2.39 bits per heavy atom. The lowest BCUT2D eigenvalue weighted by atomic mass is 10.0. The standard InChI is InChI=1S/C26H26Cl2N2O3/c1-2-29-26(32)24(15-19-9-4-3-5-10-19)30(17-20-11-6-7-14-23(20)28)25(31)18-33-22-13-8-12-21(27)16-22/h3-14,16,24H,2,15,17-18H2,1H3,(H,29,32)/t24-/m0/s1. The third-order valence-corrected chi connectivity index (χ3v) is 5.68. The summed E-state index contributed by atoms with van der Waals surface area (Å²) in [7, 11) is 0. The first-order valence-corrected chi connectivity index (χ1v) is 11.5. The molecular formula is C26H26Cl2N2O3. The van der Waals surface area contributed by atoms with Crippen molar-refractivity contribution in [3.05, 3.63) is 100 Å². The summed E-state index contributed by atoms with van der Waals surface area (Å²) < 4.78 is 5.70. The lowest BCUT2D eigenvalue weighted by Gasteiger charge is -2.31. The van der Waals surface area contributed by atoms with Crippen molar-refractivity contribution in [3.8, 4) is 5.75 Å². The number of amides is 2. The number of benzene rings is 3. The van der Waals surface area contributed by atoms with Crippen LogP contribution in [0, 0.1) is 0 Å². The van der Waals surface area contributed by atoms with Crippen LogP contribution in [0.5, 0.6) is 5.75 Å². The van der Waals surface area contributed by atoms with Crippen molar-refractivity contribution in [2.45, 2.75) is 25.9 Å². The van der Waals surface area contributed by atoms with Gasteiger partial charge in [-0.25, -0.2) is 0 Å². The van der Waals surface area contributed by atoms with Crippen LogP contribution in [0.1, 0.15) is 18.1 Å². The van der Waals surface area contributed by atoms with E-state index in [1.54, 1.807) is 30.3 Å². The molecule has 0 bridgehead atoms. The Morgan fingerprint density at radius 1 is 0.970 bits per heavy atom. The molecule has 0 heterocycles. The van der Waals surface area contributed by atoms with E-state index in [0.717, 1.165) is 11.1 Å². The molecule has 0 saturated carbocycles. The van der Waals surface area contributed by atoms with Crippen LogP contribution in [0.15, 0.2) is 78.9 Å². The minimum Gasteiger partial charge on any atom is -0.484 e. The van der Waals surface area contributed by atoms with Gasteiger partial charge in [0.1, 0.15) is 11.8 Å². The van der Waals surface area contributed by atoms with Crippen molar-refractivity contribution in [2.24, 2.45) is 0 Å². The Hall–Kier alpha value is -3.02. The number of ether oxygens (including phenoxy) is 1. The molecule has 3 aromatic carbocycles. The molecule has 7 heteroatoms. The number of rotatable bonds is 10. The van der Waals surface area contributed by atoms with Crippen molar-refractivity contribution in [3.63, 3.8) is 0 Å². The van der Waals surface area contributed by atoms with Gasteiger partial charge in [-0.3, -0.25) is 9.59 Å². The van der Waals surface area contributed by atoms with Gasteiger partial charge in [-0.05, 0) is 42.3 Å². The molecule has 0 aliphatic rings. The van der Waals surface area contributed by atoms with Crippen molar-refractivity contribution < 1.29 is 14.3 Å². The first-order valence-electron chi connectivity index (χ1n) is 10.7. The normalized spacial score (nSPS) is 11.5. The van der Waals surface area contributed by atoms with Crippen LogP contribution in [0.3, 0.4) is 0 Å². The van der Waals surface area contributed by atoms with Crippen molar-refractivity contribution in [1.29, 1.82) is 0 Å². The molecule has 0 spiro atoms. The quantitative estimate of drug-likeness (QED) is 0.432. The first-order chi connectivity index (χ1) is 16.0. The van der Waals surface area contributed by atoms with Gasteiger partial charge in [-0.1, -0.05) is 77.8 Å². The Balaban J connectivity index is 1.90. The number of carbonyl (C=O) groups excluding carboxylic acids is 2. The monoisotopic (exact) mass is 484 g/mol. The molecule has 1 atom stereocenters. The third kappa shape index (κ3) is 7.24. The average Bonchev–Trinajstić information content (AvgIpc) is 2.82. The van der Waals surface area contributed by atoms with E-state index in [-0.39, 0.29) is 25.0 Å². The fraction of sp³-hybridized carbons (Fsp3) is 0.231. The number of hydrogen-bond acceptors (Lipinski definition) is 3. The van der Waals surface area contributed by atoms with Gasteiger partial charge in [-0.2, -0.15) is 0 Å². The van der Waals surface area contributed by atoms with E-state index in [2.05, 4.69) is 5.32 Å². The fourth-order valence-electron chi connectivity index (χ4n) is 3.44. The zero-order chi connectivity index (χ0) is 23.6. The highest BCUT2D eigenvalue weighted by atomic mass is 35.5. The highest BCUT2D eigenvalue weighted by Crippen LogP contribution is 2.21. The second-order valence-corrected chi connectivity index (χ2v) is 8.30. The molecule has 0 unspecified atom stereocenters. The van der Waals surface area contributed by atoms with Crippen molar-refractivity contribution in [1.82, 2.24) is 10.2 Å². The molecule has 0 aromatic heterocycles. The van der Waals surface area contributed by atoms with Crippen LogP contribution < -0.4 is 10.1 Å². The highest BCUT2D eigenvalue weighted by Gasteiger charge is 2.30. The Labute approximate surface area is 204 Å². The van der Waals surface area contributed by atoms with Gasteiger partial charge in [0, 0.05) is 29.6 Å². The molecule has 0 aliphatic heterocycles. The molecule has 0 saturated heterocycles. The number of likely N-dealkylation sites (N-methyl/N-ethyl adjacent to an activating group) is 1. The third-order valence-electron chi connectivity index (χ3n) is 5.08. The van der Waals surface area contributed by atoms with Crippen LogP contribution in [-0.4, -0.2) is 35.9 Å². The fourth-order valence-corrected chi connectivity index (χ4v) is 3.82. The van der Waals surface area contributed by atoms with Gasteiger partial charge >= 0.3 is 0 Å². The van der Waals surface area contributed by atoms with Crippen LogP contribution in [0.4, 0.5) is 0 Å². The maximum atomic E-state index is 13.4. The van der Waals surface area contributed by atoms with E-state index in [0.29, 0.717) is 28.8 Å². The molecule has 172 valence electrons. The van der Waals surface area contributed by atoms with Gasteiger partial charge in [0.05, 0.1) is 0 Å². The van der Waals surface area contributed by atoms with Crippen LogP contribution in [0.25, 0.3) is 0 Å². The van der Waals surface area contributed by atoms with E-state index in [1.165, 1.54) is 4.90 Å². The topological polar surface area (TPSA) is 58.6 Å². The Morgan fingerprint density at radius 2 is 1.70 bits per heavy atom. The SMILES string of the molecule is CCNC(=O)[C@H](Cc1ccccc1)N(Cc1ccccc1Cl)C(=O)COc1cccc(Cl)c1. The van der Waals surface area contributed by atoms with E-state index in [4.69, 9.17) is 27.9 Å². The van der Waals surface area contributed by atoms with E-state index in [9.17, 15) is 9.59 Å². The van der Waals surface area contributed by atoms with Crippen LogP contribution in [0.2, 0.25) is 10.0 Å². The molecular weight excluding hydrogens is 459 g/mol. The molecule has 33 heavy (non-hydrogen) atoms. The average molecular weight is 485 g/mol. The number of halogens is 2. The van der Waals surface area contributed by atoms with E-state index in [1.807, 2.05) is 55.5 Å². The maximum Gasteiger partial charge on any atom is 0.261 e. The summed E-state index contributed by atoms with van der Waals surface area (Å²) in [5, 5.41) is 3.90. The van der Waals surface area contributed by atoms with Gasteiger partial charge in [0.25, 0.3) is 5.91 Å². The minimum atomic E-state index is -0.737. The smallest absolute Gasteiger partial charge is 0.261 e. The lowest BCUT2D eigenvalue weighted by molar-refractivity contribution is -0.142. The summed E-state index contributed by atoms with van der Waals surface area (Å²) in [5.41, 5.74) is 1.69. The van der Waals surface area contributed by atoms with E-state index < -0.39 is 6.04 Å². The van der Waals surface area contributed by atoms with Crippen LogP contribution >= 0.6 is 23.2 Å². The molecule has 0 aliphatic carbocycles. The molecule has 5 nitrogen and oxygen atoms in total. The van der Waals surface area contributed by atoms with Crippen molar-refractivity contribution in [2.75, 3.05) is 13.2 Å². The van der Waals surface area contributed by atoms with Gasteiger partial charge in [-0.15, -0.1) is 0 Å². The first kappa shape index (κ1) is 24.6. The summed E-state index contributed by atoms with van der Waals surface area (Å²) >= 11 is 12.4. The lowest BCUT2D eigenvalue weighted by Crippen LogP contribution is -2.51. The summed E-state index contributed by atoms with van der Waals surface area (Å²) in [4.78, 5) is 28.0. The number of nitrogens with zero attached hydrogens (tertiary/aromatic N) is 1. The molecule has 3 aromatic rings. The molecule has 0 radical (unpaired) electrons. The largest absolute Gasteiger partial charge is 0.484 e. The number of carbonyl (C=O) groups is 2. The summed E-state index contributed by atoms with van der Waals surface area (Å²) in [5.74, 6) is -0.0854. The summed E-state index contributed by atoms with van der Waals surface area (Å²) in [6.45, 7) is 2.23. The maximum absolute atomic E-state index is 13.4. The molecule has 1 N–H and O–H groups in total. The van der Waals surface area contributed by atoms with E-state index >= 15 is 0 Å². The van der Waals surface area contributed by atoms with Crippen LogP contribution in [-0.2, 0) is 22.6 Å². The number of nitrogens with one attached hydrogen (secondary N) is 1. The number of hydrogen-bond donors (Lipinski definition) is 1. The van der Waals surface area contributed by atoms with Gasteiger partial charge in [0.2, 0.25) is 5.91 Å². The predicted molar refractivity (Wildman–Crippen MR) is 132 cm³/mol. The Bertz CT molecular complexity index is 1080. The van der Waals surface area contributed by atoms with Gasteiger partial charge in [0.15, 0.2) is 6.61 Å². The highest BCUT2D eigenvalue weighted by molar-refractivity contribution is 6.31. The summed E-state index contributed by atoms with van der Waals surface area (Å²) in [6.07, 6.45) is 0.361. The van der Waals surface area contributed by atoms with Gasteiger partial charge < -0.3 is 15.0 Å². The molecule has 0 fully saturated rings. The molecule has 2 amide bonds. The molecule has 3 rings (SSSR count).